The maximum Gasteiger partial charge on any atom is 0.573 e. The van der Waals surface area contributed by atoms with Gasteiger partial charge in [0.1, 0.15) is 5.75 Å². The number of halogens is 3. The predicted molar refractivity (Wildman–Crippen MR) is 116 cm³/mol. The number of carbonyl (C=O) groups is 3. The normalized spacial score (nSPS) is 17.7. The SMILES string of the molecule is O=C(c1ccc(N2C(=O)CCC2=O)cc1)N1CCN(S(=O)(=O)c2ccc(OC(F)(F)F)cc2)CC1. The minimum absolute atomic E-state index is 0.00371. The summed E-state index contributed by atoms with van der Waals surface area (Å²) in [5, 5.41) is 0. The molecule has 2 aromatic carbocycles. The van der Waals surface area contributed by atoms with E-state index >= 15 is 0 Å². The van der Waals surface area contributed by atoms with Gasteiger partial charge in [0, 0.05) is 44.6 Å². The van der Waals surface area contributed by atoms with Crippen molar-refractivity contribution in [3.63, 3.8) is 0 Å². The number of hydrogen-bond acceptors (Lipinski definition) is 6. The van der Waals surface area contributed by atoms with Gasteiger partial charge in [0.15, 0.2) is 0 Å². The molecule has 0 spiro atoms. The first-order valence-electron chi connectivity index (χ1n) is 10.6. The lowest BCUT2D eigenvalue weighted by atomic mass is 10.1. The minimum atomic E-state index is -4.88. The summed E-state index contributed by atoms with van der Waals surface area (Å²) in [6.07, 6.45) is -4.58. The standard InChI is InChI=1S/C22H20F3N3O6S/c23-22(24,25)34-17-5-7-18(8-6-17)35(32,33)27-13-11-26(12-14-27)21(31)15-1-3-16(4-2-15)28-19(29)9-10-20(28)30/h1-8H,9-14H2. The fourth-order valence-electron chi connectivity index (χ4n) is 3.89. The van der Waals surface area contributed by atoms with Crippen LogP contribution in [0.3, 0.4) is 0 Å². The van der Waals surface area contributed by atoms with Crippen LogP contribution in [0.5, 0.6) is 5.75 Å². The van der Waals surface area contributed by atoms with Crippen LogP contribution in [0, 0.1) is 0 Å². The van der Waals surface area contributed by atoms with Gasteiger partial charge in [0.25, 0.3) is 5.91 Å². The summed E-state index contributed by atoms with van der Waals surface area (Å²) >= 11 is 0. The molecule has 0 unspecified atom stereocenters. The molecule has 2 aromatic rings. The molecule has 35 heavy (non-hydrogen) atoms. The van der Waals surface area contributed by atoms with Crippen LogP contribution in [-0.4, -0.2) is 67.9 Å². The molecule has 0 aromatic heterocycles. The largest absolute Gasteiger partial charge is 0.573 e. The number of alkyl halides is 3. The summed E-state index contributed by atoms with van der Waals surface area (Å²) < 4.78 is 67.5. The third kappa shape index (κ3) is 5.30. The Morgan fingerprint density at radius 1 is 0.829 bits per heavy atom. The highest BCUT2D eigenvalue weighted by Crippen LogP contribution is 2.26. The van der Waals surface area contributed by atoms with E-state index in [9.17, 15) is 36.0 Å². The Morgan fingerprint density at radius 3 is 1.89 bits per heavy atom. The van der Waals surface area contributed by atoms with E-state index in [-0.39, 0.29) is 61.6 Å². The smallest absolute Gasteiger partial charge is 0.406 e. The Labute approximate surface area is 198 Å². The van der Waals surface area contributed by atoms with Crippen LogP contribution < -0.4 is 9.64 Å². The van der Waals surface area contributed by atoms with Gasteiger partial charge in [-0.1, -0.05) is 0 Å². The van der Waals surface area contributed by atoms with Gasteiger partial charge in [-0.15, -0.1) is 13.2 Å². The Bertz CT molecular complexity index is 1220. The van der Waals surface area contributed by atoms with Crippen molar-refractivity contribution in [2.45, 2.75) is 24.1 Å². The molecule has 186 valence electrons. The summed E-state index contributed by atoms with van der Waals surface area (Å²) in [4.78, 5) is 38.9. The number of hydrogen-bond donors (Lipinski definition) is 0. The predicted octanol–water partition coefficient (Wildman–Crippen LogP) is 2.39. The Morgan fingerprint density at radius 2 is 1.37 bits per heavy atom. The summed E-state index contributed by atoms with van der Waals surface area (Å²) in [6, 6.07) is 9.95. The molecule has 3 amide bonds. The fraction of sp³-hybridized carbons (Fsp3) is 0.318. The number of anilines is 1. The van der Waals surface area contributed by atoms with Crippen LogP contribution in [0.1, 0.15) is 23.2 Å². The van der Waals surface area contributed by atoms with Gasteiger partial charge in [-0.2, -0.15) is 4.31 Å². The second-order valence-corrected chi connectivity index (χ2v) is 9.82. The molecule has 2 aliphatic rings. The van der Waals surface area contributed by atoms with Crippen molar-refractivity contribution in [3.8, 4) is 5.75 Å². The molecule has 0 atom stereocenters. The highest BCUT2D eigenvalue weighted by molar-refractivity contribution is 7.89. The number of ether oxygens (including phenoxy) is 1. The molecule has 0 radical (unpaired) electrons. The van der Waals surface area contributed by atoms with E-state index in [1.807, 2.05) is 0 Å². The number of rotatable bonds is 5. The summed E-state index contributed by atoms with van der Waals surface area (Å²) in [6.45, 7) is 0.226. The number of sulfonamides is 1. The van der Waals surface area contributed by atoms with E-state index in [1.165, 1.54) is 29.2 Å². The van der Waals surface area contributed by atoms with Gasteiger partial charge in [-0.25, -0.2) is 8.42 Å². The first kappa shape index (κ1) is 24.7. The lowest BCUT2D eigenvalue weighted by molar-refractivity contribution is -0.274. The Kier molecular flexibility index (Phi) is 6.56. The van der Waals surface area contributed by atoms with Crippen molar-refractivity contribution in [1.82, 2.24) is 9.21 Å². The highest BCUT2D eigenvalue weighted by atomic mass is 32.2. The third-order valence-electron chi connectivity index (χ3n) is 5.64. The first-order valence-corrected chi connectivity index (χ1v) is 12.0. The van der Waals surface area contributed by atoms with Crippen molar-refractivity contribution in [2.75, 3.05) is 31.1 Å². The van der Waals surface area contributed by atoms with Crippen molar-refractivity contribution in [1.29, 1.82) is 0 Å². The second kappa shape index (κ2) is 9.30. The van der Waals surface area contributed by atoms with Gasteiger partial charge >= 0.3 is 6.36 Å². The van der Waals surface area contributed by atoms with Crippen LogP contribution in [0.4, 0.5) is 18.9 Å². The zero-order valence-electron chi connectivity index (χ0n) is 18.2. The van der Waals surface area contributed by atoms with Crippen molar-refractivity contribution in [3.05, 3.63) is 54.1 Å². The van der Waals surface area contributed by atoms with Crippen LogP contribution in [0.25, 0.3) is 0 Å². The molecule has 2 aliphatic heterocycles. The molecule has 0 bridgehead atoms. The second-order valence-electron chi connectivity index (χ2n) is 7.89. The topological polar surface area (TPSA) is 104 Å². The highest BCUT2D eigenvalue weighted by Gasteiger charge is 2.33. The molecule has 2 fully saturated rings. The number of nitrogens with zero attached hydrogens (tertiary/aromatic N) is 3. The van der Waals surface area contributed by atoms with E-state index in [0.29, 0.717) is 11.3 Å². The number of piperazine rings is 1. The molecule has 0 aliphatic carbocycles. The molecular weight excluding hydrogens is 491 g/mol. The van der Waals surface area contributed by atoms with E-state index in [4.69, 9.17) is 0 Å². The van der Waals surface area contributed by atoms with E-state index in [0.717, 1.165) is 33.5 Å². The van der Waals surface area contributed by atoms with Gasteiger partial charge < -0.3 is 9.64 Å². The lowest BCUT2D eigenvalue weighted by Gasteiger charge is -2.34. The first-order chi connectivity index (χ1) is 16.5. The molecule has 2 heterocycles. The van der Waals surface area contributed by atoms with Crippen molar-refractivity contribution < 1.29 is 40.7 Å². The molecule has 13 heteroatoms. The fourth-order valence-corrected chi connectivity index (χ4v) is 5.32. The van der Waals surface area contributed by atoms with E-state index < -0.39 is 22.1 Å². The molecule has 0 saturated carbocycles. The van der Waals surface area contributed by atoms with Crippen molar-refractivity contribution in [2.24, 2.45) is 0 Å². The molecule has 9 nitrogen and oxygen atoms in total. The maximum atomic E-state index is 12.8. The monoisotopic (exact) mass is 511 g/mol. The van der Waals surface area contributed by atoms with Crippen LogP contribution in [0.2, 0.25) is 0 Å². The average Bonchev–Trinajstić information content (AvgIpc) is 3.16. The van der Waals surface area contributed by atoms with Crippen LogP contribution in [0.15, 0.2) is 53.4 Å². The third-order valence-corrected chi connectivity index (χ3v) is 7.56. The van der Waals surface area contributed by atoms with Crippen LogP contribution in [-0.2, 0) is 19.6 Å². The van der Waals surface area contributed by atoms with Gasteiger partial charge in [0.05, 0.1) is 10.6 Å². The zero-order chi connectivity index (χ0) is 25.4. The van der Waals surface area contributed by atoms with Crippen molar-refractivity contribution >= 4 is 33.4 Å². The Hall–Kier alpha value is -3.45. The lowest BCUT2D eigenvalue weighted by Crippen LogP contribution is -2.50. The quantitative estimate of drug-likeness (QED) is 0.571. The number of imide groups is 1. The van der Waals surface area contributed by atoms with E-state index in [2.05, 4.69) is 4.74 Å². The van der Waals surface area contributed by atoms with Gasteiger partial charge in [-0.3, -0.25) is 19.3 Å². The maximum absolute atomic E-state index is 12.8. The van der Waals surface area contributed by atoms with Gasteiger partial charge in [0.2, 0.25) is 21.8 Å². The van der Waals surface area contributed by atoms with Gasteiger partial charge in [-0.05, 0) is 48.5 Å². The molecule has 2 saturated heterocycles. The van der Waals surface area contributed by atoms with Crippen LogP contribution >= 0.6 is 0 Å². The Balaban J connectivity index is 1.37. The molecule has 0 N–H and O–H groups in total. The van der Waals surface area contributed by atoms with E-state index in [1.54, 1.807) is 0 Å². The number of benzene rings is 2. The number of carbonyl (C=O) groups excluding carboxylic acids is 3. The zero-order valence-corrected chi connectivity index (χ0v) is 19.0. The summed E-state index contributed by atoms with van der Waals surface area (Å²) in [5.74, 6) is -1.46. The summed E-state index contributed by atoms with van der Waals surface area (Å²) in [7, 11) is -3.97. The molecule has 4 rings (SSSR count). The average molecular weight is 511 g/mol. The molecular formula is C22H20F3N3O6S. The summed E-state index contributed by atoms with van der Waals surface area (Å²) in [5.41, 5.74) is 0.709. The number of amides is 3. The minimum Gasteiger partial charge on any atom is -0.406 e.